The summed E-state index contributed by atoms with van der Waals surface area (Å²) in [5.74, 6) is 0. The number of hydrogen-bond acceptors (Lipinski definition) is 9. The van der Waals surface area contributed by atoms with Crippen LogP contribution in [-0.2, 0) is 31.2 Å². The van der Waals surface area contributed by atoms with Crippen molar-refractivity contribution < 1.29 is 93.0 Å². The largest absolute Gasteiger partial charge is 3.00 e. The Hall–Kier alpha value is 0.948. The average Bonchev–Trinajstić information content (AvgIpc) is 1.41. The molecule has 0 aliphatic rings. The second-order valence-electron chi connectivity index (χ2n) is 1.28. The maximum atomic E-state index is 8.63. The fourth-order valence-corrected chi connectivity index (χ4v) is 0. The molecule has 0 aromatic carbocycles. The van der Waals surface area contributed by atoms with Gasteiger partial charge in [0.2, 0.25) is 31.2 Å². The molecule has 0 spiro atoms. The molecule has 0 aromatic heterocycles. The maximum absolute atomic E-state index is 8.63. The van der Waals surface area contributed by atoms with Crippen LogP contribution in [0.15, 0.2) is 0 Å². The predicted molar refractivity (Wildman–Crippen MR) is 37.0 cm³/mol. The van der Waals surface area contributed by atoms with Crippen LogP contribution in [0.5, 0.6) is 0 Å². The minimum Gasteiger partial charge on any atom is -0.726 e. The van der Waals surface area contributed by atoms with Crippen LogP contribution in [0.25, 0.3) is 0 Å². The fourth-order valence-electron chi connectivity index (χ4n) is 0. The summed E-state index contributed by atoms with van der Waals surface area (Å²) < 4.78 is 98.5. The van der Waals surface area contributed by atoms with Gasteiger partial charge in [0.15, 0.2) is 0 Å². The Balaban J connectivity index is -0.0000000655. The zero-order valence-corrected chi connectivity index (χ0v) is 12.0. The molecule has 0 aromatic rings. The first-order chi connectivity index (χ1) is 6.00. The van der Waals surface area contributed by atoms with Crippen molar-refractivity contribution in [3.05, 3.63) is 0 Å². The molecule has 3 N–H and O–H groups in total. The van der Waals surface area contributed by atoms with Gasteiger partial charge < -0.3 is 13.7 Å². The summed E-state index contributed by atoms with van der Waals surface area (Å²) in [6.07, 6.45) is 0. The van der Waals surface area contributed by atoms with E-state index in [0.29, 0.717) is 0 Å². The van der Waals surface area contributed by atoms with Crippen LogP contribution < -0.4 is 0 Å². The second-order valence-corrected chi connectivity index (χ2v) is 3.85. The summed E-state index contributed by atoms with van der Waals surface area (Å²) >= 11 is 0. The van der Waals surface area contributed by atoms with Gasteiger partial charge in [0, 0.05) is 0 Å². The van der Waals surface area contributed by atoms with Crippen LogP contribution in [0.2, 0.25) is 0 Å². The van der Waals surface area contributed by atoms with Crippen molar-refractivity contribution in [1.29, 1.82) is 0 Å². The van der Waals surface area contributed by atoms with Crippen LogP contribution in [0.3, 0.4) is 0 Å². The third-order valence-electron chi connectivity index (χ3n) is 0. The van der Waals surface area contributed by atoms with Crippen LogP contribution in [-0.4, -0.2) is 52.6 Å². The van der Waals surface area contributed by atoms with E-state index in [1.54, 1.807) is 0 Å². The van der Waals surface area contributed by atoms with Crippen LogP contribution >= 0.6 is 0 Å². The van der Waals surface area contributed by atoms with E-state index >= 15 is 0 Å². The van der Waals surface area contributed by atoms with Gasteiger partial charge in [0.05, 0.1) is 0 Å². The first-order valence-electron chi connectivity index (χ1n) is 2.05. The average molecular weight is 436 g/mol. The summed E-state index contributed by atoms with van der Waals surface area (Å²) in [5, 5.41) is 0. The van der Waals surface area contributed by atoms with E-state index in [1.807, 2.05) is 0 Å². The van der Waals surface area contributed by atoms with Gasteiger partial charge in [-0.2, -0.15) is 0 Å². The van der Waals surface area contributed by atoms with Crippen LogP contribution in [0.1, 0.15) is 0 Å². The van der Waals surface area contributed by atoms with Crippen molar-refractivity contribution in [1.82, 2.24) is 0 Å². The Labute approximate surface area is 123 Å². The summed E-state index contributed by atoms with van der Waals surface area (Å²) in [4.78, 5) is 0. The van der Waals surface area contributed by atoms with Crippen molar-refractivity contribution in [2.75, 3.05) is 0 Å². The van der Waals surface area contributed by atoms with Gasteiger partial charge in [-0.15, -0.1) is 0 Å². The number of rotatable bonds is 0. The van der Waals surface area contributed by atoms with Gasteiger partial charge in [-0.3, -0.25) is 13.7 Å². The maximum Gasteiger partial charge on any atom is 3.00 e. The summed E-state index contributed by atoms with van der Waals surface area (Å²) in [7, 11) is -14.7. The predicted octanol–water partition coefficient (Wildman–Crippen LogP) is -2.99. The first-order valence-corrected chi connectivity index (χ1v) is 6.14. The molecule has 0 rings (SSSR count). The number of hydrogen-bond donors (Lipinski definition) is 3. The van der Waals surface area contributed by atoms with Gasteiger partial charge in [0.25, 0.3) is 0 Å². The third kappa shape index (κ3) is 3240. The van der Waals surface area contributed by atoms with Crippen LogP contribution in [0, 0.1) is 40.4 Å². The smallest absolute Gasteiger partial charge is 0.726 e. The van der Waals surface area contributed by atoms with Crippen LogP contribution in [0.4, 0.5) is 0 Å². The topological polar surface area (TPSA) is 232 Å². The van der Waals surface area contributed by atoms with Crippen molar-refractivity contribution in [3.63, 3.8) is 0 Å². The van der Waals surface area contributed by atoms with Crippen molar-refractivity contribution >= 4 is 31.2 Å². The molecule has 16 heteroatoms. The summed E-state index contributed by atoms with van der Waals surface area (Å²) in [6.45, 7) is 0. The standard InChI is InChI=1S/3H2O4S.Pm/c3*1-5(2,3)4;/h3*(H2,1,2,3,4);/q;;;+3/p-3. The van der Waals surface area contributed by atoms with Crippen molar-refractivity contribution in [2.24, 2.45) is 0 Å². The molecule has 0 aliphatic heterocycles. The molecule has 0 radical (unpaired) electrons. The fraction of sp³-hybridized carbons (Fsp3) is 0. The van der Waals surface area contributed by atoms with E-state index in [1.165, 1.54) is 0 Å². The molecule has 0 fully saturated rings. The Bertz CT molecular complexity index is 337. The van der Waals surface area contributed by atoms with Gasteiger partial charge in [-0.25, -0.2) is 25.3 Å². The monoisotopic (exact) mass is 436 g/mol. The van der Waals surface area contributed by atoms with Gasteiger partial charge in [0.1, 0.15) is 0 Å². The molecular formula is H3O12PmS3. The molecule has 0 atom stereocenters. The molecule has 0 saturated heterocycles. The Morgan fingerprint density at radius 1 is 0.562 bits per heavy atom. The van der Waals surface area contributed by atoms with Crippen molar-refractivity contribution in [2.45, 2.75) is 0 Å². The van der Waals surface area contributed by atoms with Gasteiger partial charge in [-0.1, -0.05) is 0 Å². The molecular weight excluding hydrogens is 433 g/mol. The van der Waals surface area contributed by atoms with E-state index in [4.69, 9.17) is 52.6 Å². The van der Waals surface area contributed by atoms with E-state index in [0.717, 1.165) is 0 Å². The molecule has 0 heterocycles. The van der Waals surface area contributed by atoms with Gasteiger partial charge >= 0.3 is 40.4 Å². The van der Waals surface area contributed by atoms with Crippen molar-refractivity contribution in [3.8, 4) is 0 Å². The Morgan fingerprint density at radius 3 is 0.562 bits per heavy atom. The van der Waals surface area contributed by atoms with E-state index in [9.17, 15) is 0 Å². The zero-order valence-electron chi connectivity index (χ0n) is 6.69. The third-order valence-corrected chi connectivity index (χ3v) is 0. The molecule has 0 amide bonds. The zero-order chi connectivity index (χ0) is 13.5. The summed E-state index contributed by atoms with van der Waals surface area (Å²) in [6, 6.07) is 0. The van der Waals surface area contributed by atoms with E-state index < -0.39 is 31.2 Å². The van der Waals surface area contributed by atoms with E-state index in [2.05, 4.69) is 0 Å². The van der Waals surface area contributed by atoms with E-state index in [-0.39, 0.29) is 40.4 Å². The molecule has 12 nitrogen and oxygen atoms in total. The molecule has 16 heavy (non-hydrogen) atoms. The Kier molecular flexibility index (Phi) is 15.9. The molecule has 98 valence electrons. The first kappa shape index (κ1) is 25.7. The summed E-state index contributed by atoms with van der Waals surface area (Å²) in [5.41, 5.74) is 0. The minimum atomic E-state index is -4.92. The van der Waals surface area contributed by atoms with Gasteiger partial charge in [-0.05, 0) is 0 Å². The Morgan fingerprint density at radius 2 is 0.562 bits per heavy atom. The molecule has 0 aliphatic carbocycles. The molecule has 0 unspecified atom stereocenters. The minimum absolute atomic E-state index is 0. The normalized spacial score (nSPS) is 10.9. The molecule has 0 bridgehead atoms. The molecule has 0 saturated carbocycles. The second kappa shape index (κ2) is 9.93. The quantitative estimate of drug-likeness (QED) is 0.255. The SMILES string of the molecule is O=S(=O)([O-])O.O=S(=O)([O-])O.O=S(=O)([O-])O.[Pm+3].